The van der Waals surface area contributed by atoms with Gasteiger partial charge in [-0.05, 0) is 13.0 Å². The average molecular weight is 415 g/mol. The number of amides is 2. The summed E-state index contributed by atoms with van der Waals surface area (Å²) in [5.41, 5.74) is 1.36. The molecule has 11 heteroatoms. The van der Waals surface area contributed by atoms with E-state index in [1.807, 2.05) is 12.3 Å². The largest absolute Gasteiger partial charge is 0.468 e. The van der Waals surface area contributed by atoms with Gasteiger partial charge in [0.25, 0.3) is 0 Å². The SMILES string of the molecule is Cc1csc(N2CCN(C(=O)NCc3cccnc3OCC(F)(F)F)CC2)n1. The number of alkyl halides is 3. The van der Waals surface area contributed by atoms with E-state index in [-0.39, 0.29) is 18.5 Å². The molecule has 1 aliphatic heterocycles. The van der Waals surface area contributed by atoms with Crippen LogP contribution in [0.1, 0.15) is 11.3 Å². The second kappa shape index (κ2) is 8.63. The van der Waals surface area contributed by atoms with E-state index in [0.717, 1.165) is 10.8 Å². The number of carbonyl (C=O) groups is 1. The Bertz CT molecular complexity index is 806. The van der Waals surface area contributed by atoms with Gasteiger partial charge in [-0.15, -0.1) is 11.3 Å². The zero-order valence-corrected chi connectivity index (χ0v) is 16.0. The highest BCUT2D eigenvalue weighted by atomic mass is 32.1. The molecule has 0 bridgehead atoms. The molecular formula is C17H20F3N5O2S. The summed E-state index contributed by atoms with van der Waals surface area (Å²) < 4.78 is 41.8. The molecule has 2 aromatic rings. The van der Waals surface area contributed by atoms with Crippen LogP contribution >= 0.6 is 11.3 Å². The van der Waals surface area contributed by atoms with Crippen LogP contribution in [0.4, 0.5) is 23.1 Å². The predicted molar refractivity (Wildman–Crippen MR) is 98.7 cm³/mol. The quantitative estimate of drug-likeness (QED) is 0.813. The summed E-state index contributed by atoms with van der Waals surface area (Å²) in [4.78, 5) is 24.5. The normalized spacial score (nSPS) is 14.9. The minimum absolute atomic E-state index is 0.0335. The van der Waals surface area contributed by atoms with Crippen molar-refractivity contribution in [1.82, 2.24) is 20.2 Å². The Morgan fingerprint density at radius 1 is 1.32 bits per heavy atom. The maximum Gasteiger partial charge on any atom is 0.422 e. The molecule has 1 N–H and O–H groups in total. The Morgan fingerprint density at radius 3 is 2.71 bits per heavy atom. The molecule has 1 saturated heterocycles. The zero-order chi connectivity index (χ0) is 20.1. The summed E-state index contributed by atoms with van der Waals surface area (Å²) in [5, 5.41) is 5.65. The number of halogens is 3. The Kier molecular flexibility index (Phi) is 6.22. The van der Waals surface area contributed by atoms with Crippen molar-refractivity contribution in [3.63, 3.8) is 0 Å². The number of hydrogen-bond donors (Lipinski definition) is 1. The minimum Gasteiger partial charge on any atom is -0.468 e. The van der Waals surface area contributed by atoms with E-state index < -0.39 is 12.8 Å². The number of anilines is 1. The van der Waals surface area contributed by atoms with Crippen LogP contribution in [0.15, 0.2) is 23.7 Å². The molecule has 0 spiro atoms. The van der Waals surface area contributed by atoms with Gasteiger partial charge in [-0.1, -0.05) is 6.07 Å². The van der Waals surface area contributed by atoms with Crippen molar-refractivity contribution < 1.29 is 22.7 Å². The lowest BCUT2D eigenvalue weighted by atomic mass is 10.2. The average Bonchev–Trinajstić information content (AvgIpc) is 3.11. The fourth-order valence-electron chi connectivity index (χ4n) is 2.71. The first-order valence-corrected chi connectivity index (χ1v) is 9.53. The van der Waals surface area contributed by atoms with Crippen molar-refractivity contribution in [2.24, 2.45) is 0 Å². The molecule has 3 heterocycles. The summed E-state index contributed by atoms with van der Waals surface area (Å²) in [7, 11) is 0. The highest BCUT2D eigenvalue weighted by Crippen LogP contribution is 2.22. The lowest BCUT2D eigenvalue weighted by Crippen LogP contribution is -2.51. The molecule has 0 unspecified atom stereocenters. The number of rotatable bonds is 5. The molecule has 0 aromatic carbocycles. The Labute approximate surface area is 164 Å². The number of ether oxygens (including phenoxy) is 1. The monoisotopic (exact) mass is 415 g/mol. The summed E-state index contributed by atoms with van der Waals surface area (Å²) in [6.45, 7) is 2.97. The molecule has 3 rings (SSSR count). The number of pyridine rings is 1. The molecule has 0 radical (unpaired) electrons. The highest BCUT2D eigenvalue weighted by Gasteiger charge is 2.29. The first-order chi connectivity index (χ1) is 13.3. The van der Waals surface area contributed by atoms with Gasteiger partial charge in [-0.25, -0.2) is 14.8 Å². The van der Waals surface area contributed by atoms with E-state index in [0.29, 0.717) is 31.7 Å². The van der Waals surface area contributed by atoms with Crippen LogP contribution < -0.4 is 15.0 Å². The molecular weight excluding hydrogens is 395 g/mol. The lowest BCUT2D eigenvalue weighted by molar-refractivity contribution is -0.154. The van der Waals surface area contributed by atoms with Gasteiger partial charge >= 0.3 is 12.2 Å². The molecule has 0 atom stereocenters. The Morgan fingerprint density at radius 2 is 2.07 bits per heavy atom. The minimum atomic E-state index is -4.45. The van der Waals surface area contributed by atoms with Gasteiger partial charge < -0.3 is 19.9 Å². The first-order valence-electron chi connectivity index (χ1n) is 8.65. The number of hydrogen-bond acceptors (Lipinski definition) is 6. The van der Waals surface area contributed by atoms with Crippen molar-refractivity contribution in [3.05, 3.63) is 35.0 Å². The number of aromatic nitrogens is 2. The molecule has 2 amide bonds. The molecule has 2 aromatic heterocycles. The topological polar surface area (TPSA) is 70.6 Å². The maximum atomic E-state index is 12.4. The Balaban J connectivity index is 1.50. The number of carbonyl (C=O) groups excluding carboxylic acids is 1. The van der Waals surface area contributed by atoms with Gasteiger partial charge in [0, 0.05) is 49.9 Å². The van der Waals surface area contributed by atoms with Crippen LogP contribution in [-0.4, -0.2) is 59.9 Å². The standard InChI is InChI=1S/C17H20F3N5O2S/c1-12-10-28-16(23-12)25-7-5-24(6-8-25)15(26)22-9-13-3-2-4-21-14(13)27-11-17(18,19)20/h2-4,10H,5-9,11H2,1H3,(H,22,26). The van der Waals surface area contributed by atoms with Crippen molar-refractivity contribution in [3.8, 4) is 5.88 Å². The van der Waals surface area contributed by atoms with Crippen molar-refractivity contribution in [2.75, 3.05) is 37.7 Å². The molecule has 152 valence electrons. The van der Waals surface area contributed by atoms with Gasteiger partial charge in [0.05, 0.1) is 5.69 Å². The predicted octanol–water partition coefficient (Wildman–Crippen LogP) is 2.82. The summed E-state index contributed by atoms with van der Waals surface area (Å²) in [5.74, 6) is -0.135. The molecule has 0 aliphatic carbocycles. The zero-order valence-electron chi connectivity index (χ0n) is 15.2. The molecule has 1 fully saturated rings. The van der Waals surface area contributed by atoms with Crippen molar-refractivity contribution >= 4 is 22.5 Å². The van der Waals surface area contributed by atoms with Crippen molar-refractivity contribution in [1.29, 1.82) is 0 Å². The van der Waals surface area contributed by atoms with Gasteiger partial charge in [0.2, 0.25) is 5.88 Å². The van der Waals surface area contributed by atoms with Gasteiger partial charge in [0.1, 0.15) is 0 Å². The number of thiazole rings is 1. The third-order valence-electron chi connectivity index (χ3n) is 4.10. The fraction of sp³-hybridized carbons (Fsp3) is 0.471. The first kappa shape index (κ1) is 20.2. The second-order valence-corrected chi connectivity index (χ2v) is 7.11. The summed E-state index contributed by atoms with van der Waals surface area (Å²) in [6, 6.07) is 2.87. The number of nitrogens with zero attached hydrogens (tertiary/aromatic N) is 4. The lowest BCUT2D eigenvalue weighted by Gasteiger charge is -2.34. The van der Waals surface area contributed by atoms with E-state index in [9.17, 15) is 18.0 Å². The van der Waals surface area contributed by atoms with Gasteiger partial charge in [-0.2, -0.15) is 13.2 Å². The molecule has 7 nitrogen and oxygen atoms in total. The van der Waals surface area contributed by atoms with E-state index in [2.05, 4.69) is 20.2 Å². The molecule has 1 aliphatic rings. The number of nitrogens with one attached hydrogen (secondary N) is 1. The van der Waals surface area contributed by atoms with Crippen LogP contribution in [0.5, 0.6) is 5.88 Å². The van der Waals surface area contributed by atoms with E-state index in [4.69, 9.17) is 4.74 Å². The number of piperazine rings is 1. The number of aryl methyl sites for hydroxylation is 1. The molecule has 28 heavy (non-hydrogen) atoms. The van der Waals surface area contributed by atoms with Gasteiger partial charge in [-0.3, -0.25) is 0 Å². The maximum absolute atomic E-state index is 12.4. The van der Waals surface area contributed by atoms with Gasteiger partial charge in [0.15, 0.2) is 11.7 Å². The van der Waals surface area contributed by atoms with E-state index in [1.54, 1.807) is 28.4 Å². The smallest absolute Gasteiger partial charge is 0.422 e. The van der Waals surface area contributed by atoms with Crippen LogP contribution in [0, 0.1) is 6.92 Å². The number of urea groups is 1. The summed E-state index contributed by atoms with van der Waals surface area (Å²) >= 11 is 1.58. The van der Waals surface area contributed by atoms with Crippen LogP contribution in [0.25, 0.3) is 0 Å². The summed E-state index contributed by atoms with van der Waals surface area (Å²) in [6.07, 6.45) is -3.11. The third-order valence-corrected chi connectivity index (χ3v) is 5.12. The third kappa shape index (κ3) is 5.47. The van der Waals surface area contributed by atoms with Crippen LogP contribution in [-0.2, 0) is 6.54 Å². The van der Waals surface area contributed by atoms with Crippen LogP contribution in [0.3, 0.4) is 0 Å². The van der Waals surface area contributed by atoms with E-state index in [1.165, 1.54) is 6.20 Å². The highest BCUT2D eigenvalue weighted by molar-refractivity contribution is 7.13. The molecule has 0 saturated carbocycles. The van der Waals surface area contributed by atoms with Crippen molar-refractivity contribution in [2.45, 2.75) is 19.6 Å². The fourth-order valence-corrected chi connectivity index (χ4v) is 3.57. The van der Waals surface area contributed by atoms with Crippen LogP contribution in [0.2, 0.25) is 0 Å². The van der Waals surface area contributed by atoms with E-state index >= 15 is 0 Å². The second-order valence-electron chi connectivity index (χ2n) is 6.28. The Hall–Kier alpha value is -2.56.